The monoisotopic (exact) mass is 438 g/mol. The number of aryl methyl sites for hydroxylation is 3. The average molecular weight is 439 g/mol. The molecule has 6 nitrogen and oxygen atoms in total. The predicted molar refractivity (Wildman–Crippen MR) is 118 cm³/mol. The Morgan fingerprint density at radius 1 is 1.00 bits per heavy atom. The van der Waals surface area contributed by atoms with Crippen LogP contribution in [0.1, 0.15) is 29.4 Å². The smallest absolute Gasteiger partial charge is 0.268 e. The Labute approximate surface area is 181 Å². The lowest BCUT2D eigenvalue weighted by Crippen LogP contribution is -2.31. The van der Waals surface area contributed by atoms with E-state index in [2.05, 4.69) is 10.2 Å². The first-order valence-corrected chi connectivity index (χ1v) is 11.4. The SMILES string of the molecule is CCc1nnc2c(S(=O)(=O)N(Cc3ccccc3F)c3cc(C)cc(C)c3)cccn12. The van der Waals surface area contributed by atoms with Crippen LogP contribution in [0.25, 0.3) is 5.65 Å². The molecule has 0 spiro atoms. The lowest BCUT2D eigenvalue weighted by molar-refractivity contribution is 0.585. The quantitative estimate of drug-likeness (QED) is 0.446. The van der Waals surface area contributed by atoms with Gasteiger partial charge in [0.15, 0.2) is 5.65 Å². The second-order valence-corrected chi connectivity index (χ2v) is 9.32. The van der Waals surface area contributed by atoms with Crippen molar-refractivity contribution < 1.29 is 12.8 Å². The minimum Gasteiger partial charge on any atom is -0.285 e. The summed E-state index contributed by atoms with van der Waals surface area (Å²) in [4.78, 5) is 0.0256. The third kappa shape index (κ3) is 3.90. The fraction of sp³-hybridized carbons (Fsp3) is 0.217. The highest BCUT2D eigenvalue weighted by Crippen LogP contribution is 2.30. The molecule has 160 valence electrons. The van der Waals surface area contributed by atoms with Gasteiger partial charge in [-0.25, -0.2) is 12.8 Å². The van der Waals surface area contributed by atoms with E-state index >= 15 is 0 Å². The van der Waals surface area contributed by atoms with Crippen LogP contribution in [-0.4, -0.2) is 23.0 Å². The molecule has 2 aromatic carbocycles. The predicted octanol–water partition coefficient (Wildman–Crippen LogP) is 4.44. The first kappa shape index (κ1) is 21.0. The summed E-state index contributed by atoms with van der Waals surface area (Å²) >= 11 is 0. The molecular weight excluding hydrogens is 415 g/mol. The number of aromatic nitrogens is 3. The summed E-state index contributed by atoms with van der Waals surface area (Å²) < 4.78 is 45.2. The maximum absolute atomic E-state index is 14.5. The molecule has 0 N–H and O–H groups in total. The number of halogens is 1. The Bertz CT molecular complexity index is 1350. The van der Waals surface area contributed by atoms with Crippen LogP contribution in [0.3, 0.4) is 0 Å². The Kier molecular flexibility index (Phi) is 5.49. The zero-order chi connectivity index (χ0) is 22.2. The van der Waals surface area contributed by atoms with Gasteiger partial charge in [0.2, 0.25) is 0 Å². The second-order valence-electron chi connectivity index (χ2n) is 7.48. The van der Waals surface area contributed by atoms with E-state index < -0.39 is 15.8 Å². The fourth-order valence-corrected chi connectivity index (χ4v) is 5.24. The summed E-state index contributed by atoms with van der Waals surface area (Å²) in [6, 6.07) is 14.9. The largest absolute Gasteiger partial charge is 0.285 e. The van der Waals surface area contributed by atoms with Crippen molar-refractivity contribution in [1.82, 2.24) is 14.6 Å². The van der Waals surface area contributed by atoms with Crippen LogP contribution in [0.4, 0.5) is 10.1 Å². The number of hydrogen-bond acceptors (Lipinski definition) is 4. The third-order valence-electron chi connectivity index (χ3n) is 5.12. The van der Waals surface area contributed by atoms with Crippen molar-refractivity contribution in [3.05, 3.63) is 89.1 Å². The van der Waals surface area contributed by atoms with Gasteiger partial charge in [0.25, 0.3) is 10.0 Å². The fourth-order valence-electron chi connectivity index (χ4n) is 3.69. The lowest BCUT2D eigenvalue weighted by Gasteiger charge is -2.26. The number of pyridine rings is 1. The molecule has 0 aliphatic heterocycles. The topological polar surface area (TPSA) is 67.6 Å². The number of anilines is 1. The maximum atomic E-state index is 14.5. The van der Waals surface area contributed by atoms with Crippen molar-refractivity contribution in [2.24, 2.45) is 0 Å². The number of rotatable bonds is 6. The van der Waals surface area contributed by atoms with Gasteiger partial charge < -0.3 is 0 Å². The molecule has 0 amide bonds. The molecule has 0 unspecified atom stereocenters. The van der Waals surface area contributed by atoms with Crippen LogP contribution >= 0.6 is 0 Å². The molecule has 0 saturated heterocycles. The van der Waals surface area contributed by atoms with Gasteiger partial charge in [0, 0.05) is 18.2 Å². The molecule has 0 aliphatic carbocycles. The van der Waals surface area contributed by atoms with Gasteiger partial charge in [-0.05, 0) is 55.3 Å². The first-order chi connectivity index (χ1) is 14.8. The highest BCUT2D eigenvalue weighted by Gasteiger charge is 2.29. The highest BCUT2D eigenvalue weighted by molar-refractivity contribution is 7.93. The Morgan fingerprint density at radius 2 is 1.71 bits per heavy atom. The molecule has 0 aliphatic rings. The standard InChI is InChI=1S/C23H23FN4O2S/c1-4-22-25-26-23-21(10-7-11-27(22)23)31(29,30)28(15-18-8-5-6-9-20(18)24)19-13-16(2)12-17(3)14-19/h5-14H,4,15H2,1-3H3. The van der Waals surface area contributed by atoms with Crippen molar-refractivity contribution in [2.75, 3.05) is 4.31 Å². The lowest BCUT2D eigenvalue weighted by atomic mass is 10.1. The summed E-state index contributed by atoms with van der Waals surface area (Å²) in [5, 5.41) is 8.24. The van der Waals surface area contributed by atoms with Crippen LogP contribution in [0.15, 0.2) is 65.7 Å². The van der Waals surface area contributed by atoms with E-state index in [0.717, 1.165) is 11.1 Å². The molecule has 0 radical (unpaired) electrons. The number of sulfonamides is 1. The summed E-state index contributed by atoms with van der Waals surface area (Å²) in [7, 11) is -4.08. The van der Waals surface area contributed by atoms with Crippen LogP contribution < -0.4 is 4.31 Å². The van der Waals surface area contributed by atoms with Gasteiger partial charge in [-0.3, -0.25) is 8.71 Å². The maximum Gasteiger partial charge on any atom is 0.268 e. The van der Waals surface area contributed by atoms with Crippen molar-refractivity contribution >= 4 is 21.4 Å². The molecule has 0 bridgehead atoms. The summed E-state index contributed by atoms with van der Waals surface area (Å²) in [5.74, 6) is 0.208. The summed E-state index contributed by atoms with van der Waals surface area (Å²) in [5.41, 5.74) is 2.84. The Balaban J connectivity index is 1.92. The van der Waals surface area contributed by atoms with Crippen molar-refractivity contribution in [1.29, 1.82) is 0 Å². The van der Waals surface area contributed by atoms with E-state index in [4.69, 9.17) is 0 Å². The molecule has 4 aromatic rings. The van der Waals surface area contributed by atoms with Gasteiger partial charge in [-0.1, -0.05) is 31.2 Å². The van der Waals surface area contributed by atoms with E-state index in [-0.39, 0.29) is 22.7 Å². The molecule has 2 aromatic heterocycles. The molecule has 31 heavy (non-hydrogen) atoms. The molecular formula is C23H23FN4O2S. The molecule has 4 rings (SSSR count). The van der Waals surface area contributed by atoms with E-state index in [1.807, 2.05) is 26.8 Å². The summed E-state index contributed by atoms with van der Waals surface area (Å²) in [6.07, 6.45) is 2.35. The first-order valence-electron chi connectivity index (χ1n) is 9.98. The van der Waals surface area contributed by atoms with Crippen molar-refractivity contribution in [3.63, 3.8) is 0 Å². The highest BCUT2D eigenvalue weighted by atomic mass is 32.2. The van der Waals surface area contributed by atoms with E-state index in [9.17, 15) is 12.8 Å². The zero-order valence-corrected chi connectivity index (χ0v) is 18.4. The van der Waals surface area contributed by atoms with Gasteiger partial charge in [0.05, 0.1) is 12.2 Å². The number of benzene rings is 2. The van der Waals surface area contributed by atoms with E-state index in [1.54, 1.807) is 47.0 Å². The van der Waals surface area contributed by atoms with Crippen LogP contribution in [0.2, 0.25) is 0 Å². The van der Waals surface area contributed by atoms with E-state index in [0.29, 0.717) is 17.9 Å². The van der Waals surface area contributed by atoms with Crippen LogP contribution in [0, 0.1) is 19.7 Å². The van der Waals surface area contributed by atoms with Crippen LogP contribution in [-0.2, 0) is 23.0 Å². The molecule has 0 fully saturated rings. The Hall–Kier alpha value is -3.26. The average Bonchev–Trinajstić information content (AvgIpc) is 3.15. The third-order valence-corrected chi connectivity index (χ3v) is 6.91. The summed E-state index contributed by atoms with van der Waals surface area (Å²) in [6.45, 7) is 5.58. The molecule has 2 heterocycles. The van der Waals surface area contributed by atoms with E-state index in [1.165, 1.54) is 16.4 Å². The molecule has 8 heteroatoms. The second kappa shape index (κ2) is 8.11. The number of fused-ring (bicyclic) bond motifs is 1. The van der Waals surface area contributed by atoms with Gasteiger partial charge in [-0.15, -0.1) is 10.2 Å². The minimum absolute atomic E-state index is 0.0256. The molecule has 0 atom stereocenters. The normalized spacial score (nSPS) is 11.7. The van der Waals surface area contributed by atoms with Crippen LogP contribution in [0.5, 0.6) is 0 Å². The number of hydrogen-bond donors (Lipinski definition) is 0. The van der Waals surface area contributed by atoms with Gasteiger partial charge >= 0.3 is 0 Å². The van der Waals surface area contributed by atoms with Gasteiger partial charge in [-0.2, -0.15) is 0 Å². The minimum atomic E-state index is -4.08. The Morgan fingerprint density at radius 3 is 2.39 bits per heavy atom. The molecule has 0 saturated carbocycles. The zero-order valence-electron chi connectivity index (χ0n) is 17.6. The van der Waals surface area contributed by atoms with Crippen molar-refractivity contribution in [3.8, 4) is 0 Å². The van der Waals surface area contributed by atoms with Gasteiger partial charge in [0.1, 0.15) is 16.5 Å². The van der Waals surface area contributed by atoms with Crippen molar-refractivity contribution in [2.45, 2.75) is 38.6 Å². The number of nitrogens with zero attached hydrogens (tertiary/aromatic N) is 4.